The molecular formula is C24H30N2O. The molecule has 0 radical (unpaired) electrons. The fourth-order valence-electron chi connectivity index (χ4n) is 6.18. The summed E-state index contributed by atoms with van der Waals surface area (Å²) in [6.45, 7) is 1.98. The highest BCUT2D eigenvalue weighted by Crippen LogP contribution is 2.55. The molecule has 0 amide bonds. The first-order valence-electron chi connectivity index (χ1n) is 10.5. The summed E-state index contributed by atoms with van der Waals surface area (Å²) in [7, 11) is 2.33. The Balaban J connectivity index is 1.46. The number of anilines is 1. The SMILES string of the molecule is CN1CC[C@]23CCCC[C@H]2[C@H]1Cc1ccc(NCc2cccc(O)c2)cc13. The number of aromatic hydroxyl groups is 1. The van der Waals surface area contributed by atoms with Gasteiger partial charge in [-0.1, -0.05) is 31.0 Å². The maximum Gasteiger partial charge on any atom is 0.115 e. The Kier molecular flexibility index (Phi) is 4.16. The van der Waals surface area contributed by atoms with Crippen LogP contribution in [0.5, 0.6) is 5.75 Å². The molecule has 3 aliphatic rings. The van der Waals surface area contributed by atoms with Crippen LogP contribution in [-0.2, 0) is 18.4 Å². The first-order valence-corrected chi connectivity index (χ1v) is 10.5. The third-order valence-electron chi connectivity index (χ3n) is 7.52. The average Bonchev–Trinajstić information content (AvgIpc) is 2.69. The molecule has 2 fully saturated rings. The van der Waals surface area contributed by atoms with Gasteiger partial charge in [-0.15, -0.1) is 0 Å². The van der Waals surface area contributed by atoms with E-state index in [-0.39, 0.29) is 0 Å². The monoisotopic (exact) mass is 362 g/mol. The van der Waals surface area contributed by atoms with Gasteiger partial charge in [0.05, 0.1) is 0 Å². The number of phenols is 1. The smallest absolute Gasteiger partial charge is 0.115 e. The van der Waals surface area contributed by atoms with Crippen LogP contribution in [0.25, 0.3) is 0 Å². The van der Waals surface area contributed by atoms with Crippen LogP contribution in [-0.4, -0.2) is 29.6 Å². The molecule has 1 saturated heterocycles. The number of fused-ring (bicyclic) bond motifs is 1. The zero-order chi connectivity index (χ0) is 18.4. The van der Waals surface area contributed by atoms with Crippen molar-refractivity contribution in [2.75, 3.05) is 18.9 Å². The van der Waals surface area contributed by atoms with E-state index in [9.17, 15) is 5.11 Å². The van der Waals surface area contributed by atoms with E-state index < -0.39 is 0 Å². The van der Waals surface area contributed by atoms with Gasteiger partial charge in [0.15, 0.2) is 0 Å². The normalized spacial score (nSPS) is 29.7. The molecule has 142 valence electrons. The standard InChI is InChI=1S/C24H30N2O/c1-26-12-11-24-10-3-2-7-21(24)23(26)14-18-8-9-19(15-22(18)24)25-16-17-5-4-6-20(27)13-17/h4-6,8-9,13,15,21,23,25,27H,2-3,7,10-12,14,16H2,1H3/t21-,23+,24+/m0/s1. The van der Waals surface area contributed by atoms with Crippen molar-refractivity contribution in [2.45, 2.75) is 56.5 Å². The summed E-state index contributed by atoms with van der Waals surface area (Å²) in [5, 5.41) is 13.3. The molecule has 2 bridgehead atoms. The van der Waals surface area contributed by atoms with E-state index in [1.807, 2.05) is 12.1 Å². The first kappa shape index (κ1) is 17.1. The van der Waals surface area contributed by atoms with Crippen LogP contribution in [0.4, 0.5) is 5.69 Å². The summed E-state index contributed by atoms with van der Waals surface area (Å²) in [5.74, 6) is 1.17. The second-order valence-electron chi connectivity index (χ2n) is 8.91. The molecule has 1 aliphatic heterocycles. The zero-order valence-electron chi connectivity index (χ0n) is 16.2. The lowest BCUT2D eigenvalue weighted by Crippen LogP contribution is -2.59. The highest BCUT2D eigenvalue weighted by atomic mass is 16.3. The third kappa shape index (κ3) is 2.84. The Morgan fingerprint density at radius 1 is 1.15 bits per heavy atom. The van der Waals surface area contributed by atoms with Crippen LogP contribution in [0.3, 0.4) is 0 Å². The molecule has 5 rings (SSSR count). The minimum atomic E-state index is 0.334. The van der Waals surface area contributed by atoms with Gasteiger partial charge in [-0.2, -0.15) is 0 Å². The molecule has 3 heteroatoms. The number of likely N-dealkylation sites (N-methyl/N-ethyl adjacent to an activating group) is 1. The molecule has 1 heterocycles. The van der Waals surface area contributed by atoms with Crippen molar-refractivity contribution >= 4 is 5.69 Å². The van der Waals surface area contributed by atoms with Crippen LogP contribution in [0.2, 0.25) is 0 Å². The van der Waals surface area contributed by atoms with Gasteiger partial charge >= 0.3 is 0 Å². The number of piperidine rings is 1. The van der Waals surface area contributed by atoms with E-state index in [1.54, 1.807) is 17.2 Å². The summed E-state index contributed by atoms with van der Waals surface area (Å²) in [6.07, 6.45) is 8.08. The predicted octanol–water partition coefficient (Wildman–Crippen LogP) is 4.69. The van der Waals surface area contributed by atoms with Gasteiger partial charge in [0.2, 0.25) is 0 Å². The number of nitrogens with one attached hydrogen (secondary N) is 1. The zero-order valence-corrected chi connectivity index (χ0v) is 16.2. The maximum atomic E-state index is 9.68. The van der Waals surface area contributed by atoms with E-state index in [0.717, 1.165) is 24.1 Å². The fraction of sp³-hybridized carbons (Fsp3) is 0.500. The number of likely N-dealkylation sites (tertiary alicyclic amines) is 1. The summed E-state index contributed by atoms with van der Waals surface area (Å²) in [6, 6.07) is 15.3. The van der Waals surface area contributed by atoms with E-state index >= 15 is 0 Å². The average molecular weight is 363 g/mol. The summed E-state index contributed by atoms with van der Waals surface area (Å²) in [4.78, 5) is 2.63. The van der Waals surface area contributed by atoms with Crippen molar-refractivity contribution in [3.63, 3.8) is 0 Å². The van der Waals surface area contributed by atoms with E-state index in [1.165, 1.54) is 50.8 Å². The quantitative estimate of drug-likeness (QED) is 0.831. The summed E-state index contributed by atoms with van der Waals surface area (Å²) < 4.78 is 0. The molecule has 1 saturated carbocycles. The van der Waals surface area contributed by atoms with Crippen molar-refractivity contribution < 1.29 is 5.11 Å². The second-order valence-corrected chi connectivity index (χ2v) is 8.91. The van der Waals surface area contributed by atoms with Crippen molar-refractivity contribution in [2.24, 2.45) is 5.92 Å². The van der Waals surface area contributed by atoms with Crippen LogP contribution in [0.1, 0.15) is 48.8 Å². The molecule has 3 nitrogen and oxygen atoms in total. The lowest BCUT2D eigenvalue weighted by Gasteiger charge is -2.58. The summed E-state index contributed by atoms with van der Waals surface area (Å²) >= 11 is 0. The summed E-state index contributed by atoms with van der Waals surface area (Å²) in [5.41, 5.74) is 5.95. The van der Waals surface area contributed by atoms with Crippen LogP contribution >= 0.6 is 0 Å². The van der Waals surface area contributed by atoms with Gasteiger partial charge in [0.1, 0.15) is 5.75 Å². The Morgan fingerprint density at radius 3 is 2.96 bits per heavy atom. The number of hydrogen-bond acceptors (Lipinski definition) is 3. The molecule has 2 aliphatic carbocycles. The minimum Gasteiger partial charge on any atom is -0.508 e. The Hall–Kier alpha value is -2.00. The van der Waals surface area contributed by atoms with E-state index in [0.29, 0.717) is 11.2 Å². The highest BCUT2D eigenvalue weighted by molar-refractivity contribution is 5.54. The first-order chi connectivity index (χ1) is 13.2. The van der Waals surface area contributed by atoms with Crippen molar-refractivity contribution in [1.29, 1.82) is 0 Å². The molecular weight excluding hydrogens is 332 g/mol. The van der Waals surface area contributed by atoms with Gasteiger partial charge in [0, 0.05) is 23.7 Å². The molecule has 0 spiro atoms. The maximum absolute atomic E-state index is 9.68. The highest BCUT2D eigenvalue weighted by Gasteiger charge is 2.52. The Labute approximate surface area is 162 Å². The molecule has 2 aromatic carbocycles. The largest absolute Gasteiger partial charge is 0.508 e. The van der Waals surface area contributed by atoms with Crippen LogP contribution in [0.15, 0.2) is 42.5 Å². The lowest BCUT2D eigenvalue weighted by atomic mass is 9.52. The molecule has 2 aromatic rings. The molecule has 27 heavy (non-hydrogen) atoms. The molecule has 0 unspecified atom stereocenters. The molecule has 0 aromatic heterocycles. The van der Waals surface area contributed by atoms with Crippen LogP contribution < -0.4 is 5.32 Å². The lowest BCUT2D eigenvalue weighted by molar-refractivity contribution is 0.00290. The van der Waals surface area contributed by atoms with Gasteiger partial charge in [0.25, 0.3) is 0 Å². The van der Waals surface area contributed by atoms with E-state index in [4.69, 9.17) is 0 Å². The number of rotatable bonds is 3. The second kappa shape index (κ2) is 6.56. The van der Waals surface area contributed by atoms with Gasteiger partial charge in [-0.25, -0.2) is 0 Å². The predicted molar refractivity (Wildman–Crippen MR) is 110 cm³/mol. The Morgan fingerprint density at radius 2 is 2.07 bits per heavy atom. The molecule has 2 N–H and O–H groups in total. The number of nitrogens with zero attached hydrogens (tertiary/aromatic N) is 1. The number of hydrogen-bond donors (Lipinski definition) is 2. The van der Waals surface area contributed by atoms with Gasteiger partial charge < -0.3 is 15.3 Å². The van der Waals surface area contributed by atoms with Gasteiger partial charge in [-0.3, -0.25) is 0 Å². The van der Waals surface area contributed by atoms with Gasteiger partial charge in [-0.05, 0) is 86.1 Å². The third-order valence-corrected chi connectivity index (χ3v) is 7.52. The molecule has 3 atom stereocenters. The van der Waals surface area contributed by atoms with Crippen molar-refractivity contribution in [3.8, 4) is 5.75 Å². The Bertz CT molecular complexity index is 848. The van der Waals surface area contributed by atoms with Crippen molar-refractivity contribution in [1.82, 2.24) is 4.90 Å². The van der Waals surface area contributed by atoms with Crippen LogP contribution in [0, 0.1) is 5.92 Å². The van der Waals surface area contributed by atoms with Crippen molar-refractivity contribution in [3.05, 3.63) is 59.2 Å². The topological polar surface area (TPSA) is 35.5 Å². The minimum absolute atomic E-state index is 0.334. The van der Waals surface area contributed by atoms with E-state index in [2.05, 4.69) is 41.5 Å². The fourth-order valence-corrected chi connectivity index (χ4v) is 6.18. The number of phenolic OH excluding ortho intramolecular Hbond substituents is 1. The number of benzene rings is 2.